The first kappa shape index (κ1) is 20.1. The second-order valence-corrected chi connectivity index (χ2v) is 5.38. The Morgan fingerprint density at radius 3 is 2.38 bits per heavy atom. The molecular weight excluding hydrogens is 330 g/mol. The van der Waals surface area contributed by atoms with E-state index in [9.17, 15) is 22.4 Å². The second-order valence-electron chi connectivity index (χ2n) is 5.38. The van der Waals surface area contributed by atoms with Gasteiger partial charge in [0.15, 0.2) is 6.61 Å². The van der Waals surface area contributed by atoms with Crippen LogP contribution in [-0.4, -0.2) is 36.4 Å². The van der Waals surface area contributed by atoms with Crippen molar-refractivity contribution in [3.63, 3.8) is 0 Å². The van der Waals surface area contributed by atoms with E-state index >= 15 is 0 Å². The standard InChI is InChI=1S/C15H21F4N3O2/c1-3-14(4-2,8-20)13(23)22-10-5-6-11(21-7-10)24-9-15(18,19)12(16)17/h5-7,12H,3-4,8-9,20H2,1-2H3,(H,22,23). The Kier molecular flexibility index (Phi) is 6.94. The maximum Gasteiger partial charge on any atom is 0.340 e. The van der Waals surface area contributed by atoms with Gasteiger partial charge in [-0.15, -0.1) is 0 Å². The van der Waals surface area contributed by atoms with Crippen LogP contribution < -0.4 is 15.8 Å². The Hall–Kier alpha value is -1.90. The number of rotatable bonds is 9. The molecule has 0 saturated carbocycles. The van der Waals surface area contributed by atoms with Gasteiger partial charge in [-0.05, 0) is 18.9 Å². The van der Waals surface area contributed by atoms with Crippen molar-refractivity contribution in [1.29, 1.82) is 0 Å². The van der Waals surface area contributed by atoms with Crippen LogP contribution in [0.15, 0.2) is 18.3 Å². The van der Waals surface area contributed by atoms with Gasteiger partial charge in [0, 0.05) is 12.6 Å². The lowest BCUT2D eigenvalue weighted by molar-refractivity contribution is -0.148. The van der Waals surface area contributed by atoms with Crippen LogP contribution in [0.2, 0.25) is 0 Å². The number of nitrogens with two attached hydrogens (primary N) is 1. The lowest BCUT2D eigenvalue weighted by atomic mass is 9.81. The van der Waals surface area contributed by atoms with Crippen LogP contribution >= 0.6 is 0 Å². The number of nitrogens with zero attached hydrogens (tertiary/aromatic N) is 1. The molecule has 1 rings (SSSR count). The normalized spacial score (nSPS) is 12.3. The van der Waals surface area contributed by atoms with E-state index in [1.807, 2.05) is 13.8 Å². The van der Waals surface area contributed by atoms with E-state index in [4.69, 9.17) is 5.73 Å². The Morgan fingerprint density at radius 1 is 1.33 bits per heavy atom. The van der Waals surface area contributed by atoms with Gasteiger partial charge in [-0.1, -0.05) is 13.8 Å². The van der Waals surface area contributed by atoms with Crippen molar-refractivity contribution >= 4 is 11.6 Å². The lowest BCUT2D eigenvalue weighted by Gasteiger charge is -2.28. The highest BCUT2D eigenvalue weighted by Gasteiger charge is 2.41. The molecule has 1 aromatic heterocycles. The minimum Gasteiger partial charge on any atom is -0.471 e. The minimum atomic E-state index is -4.25. The Balaban J connectivity index is 2.70. The first-order chi connectivity index (χ1) is 11.2. The number of anilines is 1. The largest absolute Gasteiger partial charge is 0.471 e. The average molecular weight is 351 g/mol. The molecule has 0 bridgehead atoms. The highest BCUT2D eigenvalue weighted by Crippen LogP contribution is 2.27. The molecule has 1 heterocycles. The van der Waals surface area contributed by atoms with E-state index in [1.165, 1.54) is 18.3 Å². The smallest absolute Gasteiger partial charge is 0.340 e. The van der Waals surface area contributed by atoms with Crippen LogP contribution in [0.4, 0.5) is 23.2 Å². The molecule has 1 aromatic rings. The topological polar surface area (TPSA) is 77.2 Å². The maximum absolute atomic E-state index is 12.8. The molecule has 0 unspecified atom stereocenters. The van der Waals surface area contributed by atoms with E-state index in [2.05, 4.69) is 15.0 Å². The fourth-order valence-corrected chi connectivity index (χ4v) is 1.99. The predicted octanol–water partition coefficient (Wildman–Crippen LogP) is 3.06. The SMILES string of the molecule is CCC(CC)(CN)C(=O)Nc1ccc(OCC(F)(F)C(F)F)nc1. The molecule has 0 saturated heterocycles. The van der Waals surface area contributed by atoms with E-state index in [0.717, 1.165) is 0 Å². The first-order valence-electron chi connectivity index (χ1n) is 7.47. The number of carbonyl (C=O) groups is 1. The van der Waals surface area contributed by atoms with Crippen LogP contribution in [-0.2, 0) is 4.79 Å². The zero-order valence-corrected chi connectivity index (χ0v) is 13.5. The van der Waals surface area contributed by atoms with Crippen molar-refractivity contribution in [2.24, 2.45) is 11.1 Å². The fraction of sp³-hybridized carbons (Fsp3) is 0.600. The van der Waals surface area contributed by atoms with Crippen molar-refractivity contribution in [3.05, 3.63) is 18.3 Å². The number of aromatic nitrogens is 1. The van der Waals surface area contributed by atoms with Gasteiger partial charge in [0.05, 0.1) is 17.3 Å². The Bertz CT molecular complexity index is 526. The van der Waals surface area contributed by atoms with Crippen molar-refractivity contribution in [2.45, 2.75) is 39.0 Å². The quantitative estimate of drug-likeness (QED) is 0.671. The third kappa shape index (κ3) is 4.80. The van der Waals surface area contributed by atoms with Crippen molar-refractivity contribution < 1.29 is 27.1 Å². The molecule has 136 valence electrons. The number of hydrogen-bond donors (Lipinski definition) is 2. The number of halogens is 4. The zero-order valence-electron chi connectivity index (χ0n) is 13.5. The van der Waals surface area contributed by atoms with Crippen molar-refractivity contribution in [2.75, 3.05) is 18.5 Å². The van der Waals surface area contributed by atoms with E-state index in [-0.39, 0.29) is 18.3 Å². The first-order valence-corrected chi connectivity index (χ1v) is 7.47. The maximum atomic E-state index is 12.8. The zero-order chi connectivity index (χ0) is 18.4. The van der Waals surface area contributed by atoms with E-state index < -0.39 is 24.4 Å². The monoisotopic (exact) mass is 351 g/mol. The van der Waals surface area contributed by atoms with Gasteiger partial charge in [-0.25, -0.2) is 13.8 Å². The van der Waals surface area contributed by atoms with Crippen LogP contribution in [0.25, 0.3) is 0 Å². The van der Waals surface area contributed by atoms with E-state index in [1.54, 1.807) is 0 Å². The summed E-state index contributed by atoms with van der Waals surface area (Å²) in [6.45, 7) is 2.41. The predicted molar refractivity (Wildman–Crippen MR) is 81.4 cm³/mol. The molecule has 0 atom stereocenters. The molecule has 0 radical (unpaired) electrons. The van der Waals surface area contributed by atoms with Gasteiger partial charge in [-0.2, -0.15) is 8.78 Å². The highest BCUT2D eigenvalue weighted by atomic mass is 19.3. The number of nitrogens with one attached hydrogen (secondary N) is 1. The summed E-state index contributed by atoms with van der Waals surface area (Å²) in [5.74, 6) is -4.77. The molecule has 3 N–H and O–H groups in total. The molecule has 5 nitrogen and oxygen atoms in total. The van der Waals surface area contributed by atoms with Crippen molar-refractivity contribution in [3.8, 4) is 5.88 Å². The fourth-order valence-electron chi connectivity index (χ4n) is 1.99. The average Bonchev–Trinajstić information content (AvgIpc) is 2.56. The molecular formula is C15H21F4N3O2. The number of ether oxygens (including phenoxy) is 1. The van der Waals surface area contributed by atoms with Crippen LogP contribution in [0, 0.1) is 5.41 Å². The van der Waals surface area contributed by atoms with Gasteiger partial charge >= 0.3 is 12.3 Å². The molecule has 0 spiro atoms. The molecule has 9 heteroatoms. The number of carbonyl (C=O) groups excluding carboxylic acids is 1. The molecule has 0 aliphatic carbocycles. The van der Waals surface area contributed by atoms with Crippen LogP contribution in [0.1, 0.15) is 26.7 Å². The molecule has 0 aromatic carbocycles. The summed E-state index contributed by atoms with van der Waals surface area (Å²) in [6, 6.07) is 2.59. The third-order valence-corrected chi connectivity index (χ3v) is 3.95. The van der Waals surface area contributed by atoms with Crippen LogP contribution in [0.5, 0.6) is 5.88 Å². The summed E-state index contributed by atoms with van der Waals surface area (Å²) in [7, 11) is 0. The van der Waals surface area contributed by atoms with E-state index in [0.29, 0.717) is 18.5 Å². The van der Waals surface area contributed by atoms with Gasteiger partial charge < -0.3 is 15.8 Å². The number of hydrogen-bond acceptors (Lipinski definition) is 4. The number of alkyl halides is 4. The van der Waals surface area contributed by atoms with Gasteiger partial charge in [0.1, 0.15) is 0 Å². The molecule has 0 aliphatic rings. The van der Waals surface area contributed by atoms with Gasteiger partial charge in [0.25, 0.3) is 0 Å². The Labute approximate surface area is 137 Å². The molecule has 1 amide bonds. The summed E-state index contributed by atoms with van der Waals surface area (Å²) >= 11 is 0. The Morgan fingerprint density at radius 2 is 1.96 bits per heavy atom. The summed E-state index contributed by atoms with van der Waals surface area (Å²) < 4.78 is 54.1. The second kappa shape index (κ2) is 8.27. The van der Waals surface area contributed by atoms with Crippen molar-refractivity contribution in [1.82, 2.24) is 4.98 Å². The number of pyridine rings is 1. The number of amides is 1. The van der Waals surface area contributed by atoms with Crippen LogP contribution in [0.3, 0.4) is 0 Å². The molecule has 24 heavy (non-hydrogen) atoms. The lowest BCUT2D eigenvalue weighted by Crippen LogP contribution is -2.41. The van der Waals surface area contributed by atoms with Gasteiger partial charge in [0.2, 0.25) is 11.8 Å². The molecule has 0 aliphatic heterocycles. The summed E-state index contributed by atoms with van der Waals surface area (Å²) in [6.07, 6.45) is -1.50. The van der Waals surface area contributed by atoms with Gasteiger partial charge in [-0.3, -0.25) is 4.79 Å². The minimum absolute atomic E-state index is 0.184. The highest BCUT2D eigenvalue weighted by molar-refractivity contribution is 5.95. The third-order valence-electron chi connectivity index (χ3n) is 3.95. The summed E-state index contributed by atoms with van der Waals surface area (Å²) in [5.41, 5.74) is 5.31. The summed E-state index contributed by atoms with van der Waals surface area (Å²) in [5, 5.41) is 2.65. The summed E-state index contributed by atoms with van der Waals surface area (Å²) in [4.78, 5) is 16.0. The molecule has 0 fully saturated rings.